The smallest absolute Gasteiger partial charge is 0.213 e. The number of hydrogen-bond acceptors (Lipinski definition) is 4. The summed E-state index contributed by atoms with van der Waals surface area (Å²) < 4.78 is 5.49. The van der Waals surface area contributed by atoms with Crippen LogP contribution in [0, 0.1) is 32.1 Å². The van der Waals surface area contributed by atoms with E-state index < -0.39 is 0 Å². The first-order valence-corrected chi connectivity index (χ1v) is 5.78. The standard InChI is InChI=1S/C14H15N3O/c1-9-5-4-6-12(7-15)14(9)16-8-13-17-10(2)11(3)18-13/h4-6,16H,8H2,1-3H3. The van der Waals surface area contributed by atoms with E-state index in [1.165, 1.54) is 0 Å². The van der Waals surface area contributed by atoms with Crippen molar-refractivity contribution in [2.75, 3.05) is 5.32 Å². The summed E-state index contributed by atoms with van der Waals surface area (Å²) in [6.45, 7) is 6.25. The van der Waals surface area contributed by atoms with Gasteiger partial charge in [0.15, 0.2) is 0 Å². The Balaban J connectivity index is 2.18. The Morgan fingerprint density at radius 2 is 2.11 bits per heavy atom. The molecule has 0 saturated carbocycles. The van der Waals surface area contributed by atoms with Crippen LogP contribution in [-0.4, -0.2) is 4.98 Å². The van der Waals surface area contributed by atoms with E-state index in [-0.39, 0.29) is 0 Å². The molecule has 1 aromatic carbocycles. The lowest BCUT2D eigenvalue weighted by atomic mass is 10.1. The highest BCUT2D eigenvalue weighted by atomic mass is 16.4. The van der Waals surface area contributed by atoms with Crippen LogP contribution >= 0.6 is 0 Å². The van der Waals surface area contributed by atoms with Crippen LogP contribution in [0.3, 0.4) is 0 Å². The van der Waals surface area contributed by atoms with Crippen molar-refractivity contribution in [1.29, 1.82) is 5.26 Å². The quantitative estimate of drug-likeness (QED) is 0.897. The van der Waals surface area contributed by atoms with Gasteiger partial charge in [-0.05, 0) is 32.4 Å². The number of para-hydroxylation sites is 1. The Bertz CT molecular complexity index is 588. The van der Waals surface area contributed by atoms with Gasteiger partial charge in [0.2, 0.25) is 5.89 Å². The van der Waals surface area contributed by atoms with E-state index in [2.05, 4.69) is 16.4 Å². The van der Waals surface area contributed by atoms with Crippen molar-refractivity contribution in [3.63, 3.8) is 0 Å². The van der Waals surface area contributed by atoms with Crippen molar-refractivity contribution >= 4 is 5.69 Å². The number of nitrogens with one attached hydrogen (secondary N) is 1. The molecule has 2 aromatic rings. The van der Waals surface area contributed by atoms with Crippen molar-refractivity contribution in [1.82, 2.24) is 4.98 Å². The summed E-state index contributed by atoms with van der Waals surface area (Å²) in [7, 11) is 0. The second kappa shape index (κ2) is 4.92. The minimum Gasteiger partial charge on any atom is -0.444 e. The van der Waals surface area contributed by atoms with E-state index >= 15 is 0 Å². The summed E-state index contributed by atoms with van der Waals surface area (Å²) in [5.74, 6) is 1.47. The molecule has 0 bridgehead atoms. The van der Waals surface area contributed by atoms with Gasteiger partial charge in [-0.3, -0.25) is 0 Å². The highest BCUT2D eigenvalue weighted by Gasteiger charge is 2.08. The summed E-state index contributed by atoms with van der Waals surface area (Å²) in [4.78, 5) is 4.30. The SMILES string of the molecule is Cc1cccc(C#N)c1NCc1nc(C)c(C)o1. The first-order chi connectivity index (χ1) is 8.61. The number of nitrogens with zero attached hydrogens (tertiary/aromatic N) is 2. The van der Waals surface area contributed by atoms with Crippen LogP contribution in [0.4, 0.5) is 5.69 Å². The third-order valence-electron chi connectivity index (χ3n) is 2.88. The summed E-state index contributed by atoms with van der Waals surface area (Å²) >= 11 is 0. The number of aromatic nitrogens is 1. The average Bonchev–Trinajstić information content (AvgIpc) is 2.67. The largest absolute Gasteiger partial charge is 0.444 e. The molecule has 18 heavy (non-hydrogen) atoms. The van der Waals surface area contributed by atoms with Gasteiger partial charge in [0.25, 0.3) is 0 Å². The summed E-state index contributed by atoms with van der Waals surface area (Å²) in [6, 6.07) is 7.81. The Morgan fingerprint density at radius 3 is 2.72 bits per heavy atom. The molecule has 0 unspecified atom stereocenters. The zero-order chi connectivity index (χ0) is 13.1. The van der Waals surface area contributed by atoms with Crippen LogP contribution < -0.4 is 5.32 Å². The number of benzene rings is 1. The monoisotopic (exact) mass is 241 g/mol. The molecule has 92 valence electrons. The number of anilines is 1. The zero-order valence-electron chi connectivity index (χ0n) is 10.7. The molecule has 1 aromatic heterocycles. The molecule has 0 aliphatic carbocycles. The van der Waals surface area contributed by atoms with Crippen LogP contribution in [0.5, 0.6) is 0 Å². The number of oxazole rings is 1. The fourth-order valence-corrected chi connectivity index (χ4v) is 1.77. The molecule has 2 rings (SSSR count). The summed E-state index contributed by atoms with van der Waals surface area (Å²) in [6.07, 6.45) is 0. The molecule has 4 nitrogen and oxygen atoms in total. The molecule has 0 saturated heterocycles. The summed E-state index contributed by atoms with van der Waals surface area (Å²) in [5.41, 5.74) is 3.41. The number of nitriles is 1. The second-order valence-electron chi connectivity index (χ2n) is 4.21. The van der Waals surface area contributed by atoms with E-state index in [1.54, 1.807) is 6.07 Å². The molecule has 1 N–H and O–H groups in total. The lowest BCUT2D eigenvalue weighted by molar-refractivity contribution is 0.478. The van der Waals surface area contributed by atoms with E-state index in [1.807, 2.05) is 32.9 Å². The van der Waals surface area contributed by atoms with Crippen LogP contribution in [0.25, 0.3) is 0 Å². The Kier molecular flexibility index (Phi) is 3.33. The first kappa shape index (κ1) is 12.2. The molecule has 0 atom stereocenters. The molecule has 0 aliphatic heterocycles. The van der Waals surface area contributed by atoms with Gasteiger partial charge in [-0.2, -0.15) is 5.26 Å². The molecule has 0 fully saturated rings. The maximum atomic E-state index is 9.06. The van der Waals surface area contributed by atoms with Crippen molar-refractivity contribution in [2.24, 2.45) is 0 Å². The Hall–Kier alpha value is -2.28. The van der Waals surface area contributed by atoms with Crippen LogP contribution in [0.1, 0.15) is 28.5 Å². The van der Waals surface area contributed by atoms with Gasteiger partial charge in [-0.1, -0.05) is 12.1 Å². The van der Waals surface area contributed by atoms with Gasteiger partial charge in [0.05, 0.1) is 23.5 Å². The van der Waals surface area contributed by atoms with Crippen LogP contribution in [0.15, 0.2) is 22.6 Å². The van der Waals surface area contributed by atoms with Gasteiger partial charge >= 0.3 is 0 Å². The zero-order valence-corrected chi connectivity index (χ0v) is 10.7. The number of rotatable bonds is 3. The highest BCUT2D eigenvalue weighted by molar-refractivity contribution is 5.62. The predicted molar refractivity (Wildman–Crippen MR) is 69.2 cm³/mol. The minimum atomic E-state index is 0.480. The van der Waals surface area contributed by atoms with Crippen molar-refractivity contribution in [3.05, 3.63) is 46.7 Å². The van der Waals surface area contributed by atoms with Gasteiger partial charge in [-0.25, -0.2) is 4.98 Å². The van der Waals surface area contributed by atoms with E-state index in [0.29, 0.717) is 18.0 Å². The van der Waals surface area contributed by atoms with Crippen molar-refractivity contribution < 1.29 is 4.42 Å². The normalized spacial score (nSPS) is 10.1. The lowest BCUT2D eigenvalue weighted by Crippen LogP contribution is -2.03. The van der Waals surface area contributed by atoms with Gasteiger partial charge < -0.3 is 9.73 Å². The molecule has 0 radical (unpaired) electrons. The second-order valence-corrected chi connectivity index (χ2v) is 4.21. The van der Waals surface area contributed by atoms with E-state index in [9.17, 15) is 0 Å². The molecule has 0 amide bonds. The van der Waals surface area contributed by atoms with Gasteiger partial charge in [-0.15, -0.1) is 0 Å². The molecule has 0 aliphatic rings. The number of aryl methyl sites for hydroxylation is 3. The summed E-state index contributed by atoms with van der Waals surface area (Å²) in [5, 5.41) is 12.3. The van der Waals surface area contributed by atoms with Gasteiger partial charge in [0, 0.05) is 0 Å². The van der Waals surface area contributed by atoms with Crippen LogP contribution in [0.2, 0.25) is 0 Å². The predicted octanol–water partition coefficient (Wildman–Crippen LogP) is 3.08. The maximum absolute atomic E-state index is 9.06. The van der Waals surface area contributed by atoms with Gasteiger partial charge in [0.1, 0.15) is 11.8 Å². The maximum Gasteiger partial charge on any atom is 0.213 e. The average molecular weight is 241 g/mol. The number of hydrogen-bond donors (Lipinski definition) is 1. The highest BCUT2D eigenvalue weighted by Crippen LogP contribution is 2.20. The minimum absolute atomic E-state index is 0.480. The molecule has 1 heterocycles. The fourth-order valence-electron chi connectivity index (χ4n) is 1.77. The van der Waals surface area contributed by atoms with Crippen molar-refractivity contribution in [2.45, 2.75) is 27.3 Å². The van der Waals surface area contributed by atoms with Crippen LogP contribution in [-0.2, 0) is 6.54 Å². The Labute approximate surface area is 106 Å². The molecular formula is C14H15N3O. The lowest BCUT2D eigenvalue weighted by Gasteiger charge is -2.09. The van der Waals surface area contributed by atoms with Crippen molar-refractivity contribution in [3.8, 4) is 6.07 Å². The molecule has 0 spiro atoms. The Morgan fingerprint density at radius 1 is 1.33 bits per heavy atom. The van der Waals surface area contributed by atoms with E-state index in [4.69, 9.17) is 9.68 Å². The topological polar surface area (TPSA) is 61.9 Å². The molecule has 4 heteroatoms. The third kappa shape index (κ3) is 2.35. The third-order valence-corrected chi connectivity index (χ3v) is 2.88. The van der Waals surface area contributed by atoms with E-state index in [0.717, 1.165) is 22.7 Å². The fraction of sp³-hybridized carbons (Fsp3) is 0.286. The first-order valence-electron chi connectivity index (χ1n) is 5.78. The molecular weight excluding hydrogens is 226 g/mol.